The first-order valence-corrected chi connectivity index (χ1v) is 9.17. The molecule has 118 valence electrons. The van der Waals surface area contributed by atoms with E-state index in [1.807, 2.05) is 0 Å². The Hall–Kier alpha value is -0.300. The molecule has 0 aromatic heterocycles. The molecule has 4 aliphatic carbocycles. The molecule has 0 radical (unpaired) electrons. The van der Waals surface area contributed by atoms with Crippen molar-refractivity contribution in [3.8, 4) is 0 Å². The van der Waals surface area contributed by atoms with Crippen molar-refractivity contribution in [2.75, 3.05) is 6.61 Å². The lowest BCUT2D eigenvalue weighted by Crippen LogP contribution is -2.57. The average molecular weight is 288 g/mol. The molecule has 3 fully saturated rings. The Morgan fingerprint density at radius 2 is 1.71 bits per heavy atom. The summed E-state index contributed by atoms with van der Waals surface area (Å²) < 4.78 is 0. The molecular formula is C20H32O. The number of hydrogen-bond acceptors (Lipinski definition) is 1. The van der Waals surface area contributed by atoms with Crippen molar-refractivity contribution in [2.45, 2.75) is 72.1 Å². The summed E-state index contributed by atoms with van der Waals surface area (Å²) in [6, 6.07) is 0. The van der Waals surface area contributed by atoms with Crippen LogP contribution in [-0.2, 0) is 0 Å². The minimum absolute atomic E-state index is 0.178. The van der Waals surface area contributed by atoms with E-state index in [9.17, 15) is 5.11 Å². The highest BCUT2D eigenvalue weighted by Gasteiger charge is 2.63. The SMILES string of the molecule is C[C@]12C=C[C@@]3(CC[C@H]4[C@](C)(CO)CCC[C@@]4(C)[C@@H]3CC1)C2. The van der Waals surface area contributed by atoms with Crippen molar-refractivity contribution in [1.29, 1.82) is 0 Å². The molecule has 1 nitrogen and oxygen atoms in total. The third-order valence-corrected chi connectivity index (χ3v) is 8.41. The molecule has 4 aliphatic rings. The third-order valence-electron chi connectivity index (χ3n) is 8.41. The monoisotopic (exact) mass is 288 g/mol. The first kappa shape index (κ1) is 14.3. The summed E-state index contributed by atoms with van der Waals surface area (Å²) in [5, 5.41) is 10.1. The fourth-order valence-corrected chi connectivity index (χ4v) is 7.46. The highest BCUT2D eigenvalue weighted by atomic mass is 16.3. The van der Waals surface area contributed by atoms with Gasteiger partial charge in [-0.15, -0.1) is 0 Å². The van der Waals surface area contributed by atoms with Crippen LogP contribution in [0.25, 0.3) is 0 Å². The van der Waals surface area contributed by atoms with E-state index in [0.717, 1.165) is 11.8 Å². The maximum atomic E-state index is 10.1. The van der Waals surface area contributed by atoms with E-state index in [-0.39, 0.29) is 5.41 Å². The number of aliphatic hydroxyl groups excluding tert-OH is 1. The summed E-state index contributed by atoms with van der Waals surface area (Å²) in [4.78, 5) is 0. The largest absolute Gasteiger partial charge is 0.396 e. The number of allylic oxidation sites excluding steroid dienone is 2. The average Bonchev–Trinajstić information content (AvgIpc) is 2.69. The summed E-state index contributed by atoms with van der Waals surface area (Å²) in [7, 11) is 0. The van der Waals surface area contributed by atoms with Crippen LogP contribution in [0.15, 0.2) is 12.2 Å². The molecule has 6 atom stereocenters. The van der Waals surface area contributed by atoms with Crippen LogP contribution in [0.2, 0.25) is 0 Å². The van der Waals surface area contributed by atoms with Gasteiger partial charge in [0.2, 0.25) is 0 Å². The van der Waals surface area contributed by atoms with Gasteiger partial charge in [0.15, 0.2) is 0 Å². The van der Waals surface area contributed by atoms with Crippen LogP contribution >= 0.6 is 0 Å². The van der Waals surface area contributed by atoms with Gasteiger partial charge in [-0.2, -0.15) is 0 Å². The Bertz CT molecular complexity index is 482. The van der Waals surface area contributed by atoms with Crippen LogP contribution < -0.4 is 0 Å². The lowest BCUT2D eigenvalue weighted by molar-refractivity contribution is -0.154. The Kier molecular flexibility index (Phi) is 2.83. The van der Waals surface area contributed by atoms with Gasteiger partial charge in [-0.3, -0.25) is 0 Å². The smallest absolute Gasteiger partial charge is 0.0487 e. The number of aliphatic hydroxyl groups is 1. The first-order valence-electron chi connectivity index (χ1n) is 9.17. The minimum atomic E-state index is 0.178. The van der Waals surface area contributed by atoms with Crippen LogP contribution in [0.1, 0.15) is 72.1 Å². The Labute approximate surface area is 130 Å². The van der Waals surface area contributed by atoms with Gasteiger partial charge in [0, 0.05) is 6.61 Å². The van der Waals surface area contributed by atoms with Crippen molar-refractivity contribution in [1.82, 2.24) is 0 Å². The fraction of sp³-hybridized carbons (Fsp3) is 0.900. The normalized spacial score (nSPS) is 58.7. The molecule has 0 aromatic rings. The van der Waals surface area contributed by atoms with Crippen molar-refractivity contribution in [2.24, 2.45) is 33.5 Å². The van der Waals surface area contributed by atoms with E-state index < -0.39 is 0 Å². The van der Waals surface area contributed by atoms with Gasteiger partial charge in [0.1, 0.15) is 0 Å². The van der Waals surface area contributed by atoms with Crippen molar-refractivity contribution in [3.63, 3.8) is 0 Å². The third kappa shape index (κ3) is 1.73. The van der Waals surface area contributed by atoms with Crippen molar-refractivity contribution in [3.05, 3.63) is 12.2 Å². The van der Waals surface area contributed by atoms with Crippen LogP contribution in [0.5, 0.6) is 0 Å². The van der Waals surface area contributed by atoms with Gasteiger partial charge in [-0.25, -0.2) is 0 Å². The number of fused-ring (bicyclic) bond motifs is 3. The lowest BCUT2D eigenvalue weighted by Gasteiger charge is -2.64. The standard InChI is InChI=1S/C20H32O/c1-17-9-5-16-19(3)8-4-7-18(2,14-21)15(19)6-10-20(16,13-17)12-11-17/h11-12,15-16,21H,4-10,13-14H2,1-3H3/t15-,16-,17+,18-,19+,20-/m0/s1. The minimum Gasteiger partial charge on any atom is -0.396 e. The van der Waals surface area contributed by atoms with Crippen LogP contribution in [0.3, 0.4) is 0 Å². The highest BCUT2D eigenvalue weighted by Crippen LogP contribution is 2.71. The number of hydrogen-bond donors (Lipinski definition) is 1. The van der Waals surface area contributed by atoms with Gasteiger partial charge in [-0.05, 0) is 78.4 Å². The molecule has 21 heavy (non-hydrogen) atoms. The molecule has 0 aromatic carbocycles. The van der Waals surface area contributed by atoms with Crippen LogP contribution in [0, 0.1) is 33.5 Å². The maximum absolute atomic E-state index is 10.1. The Morgan fingerprint density at radius 3 is 2.48 bits per heavy atom. The summed E-state index contributed by atoms with van der Waals surface area (Å²) in [6.07, 6.45) is 16.1. The molecule has 0 heterocycles. The first-order chi connectivity index (χ1) is 9.86. The van der Waals surface area contributed by atoms with E-state index in [1.165, 1.54) is 51.4 Å². The molecular weight excluding hydrogens is 256 g/mol. The highest BCUT2D eigenvalue weighted by molar-refractivity contribution is 5.25. The molecule has 0 aliphatic heterocycles. The second kappa shape index (κ2) is 4.16. The van der Waals surface area contributed by atoms with Gasteiger partial charge in [0.25, 0.3) is 0 Å². The molecule has 0 saturated heterocycles. The maximum Gasteiger partial charge on any atom is 0.0487 e. The summed E-state index contributed by atoms with van der Waals surface area (Å²) in [6.45, 7) is 7.82. The Balaban J connectivity index is 1.74. The van der Waals surface area contributed by atoms with E-state index in [4.69, 9.17) is 0 Å². The van der Waals surface area contributed by atoms with E-state index in [1.54, 1.807) is 0 Å². The Morgan fingerprint density at radius 1 is 0.952 bits per heavy atom. The molecule has 0 amide bonds. The zero-order valence-corrected chi connectivity index (χ0v) is 14.1. The fourth-order valence-electron chi connectivity index (χ4n) is 7.46. The quantitative estimate of drug-likeness (QED) is 0.677. The van der Waals surface area contributed by atoms with Crippen LogP contribution in [0.4, 0.5) is 0 Å². The zero-order valence-electron chi connectivity index (χ0n) is 14.1. The predicted molar refractivity (Wildman–Crippen MR) is 86.9 cm³/mol. The van der Waals surface area contributed by atoms with E-state index in [0.29, 0.717) is 22.9 Å². The van der Waals surface area contributed by atoms with Crippen LogP contribution in [-0.4, -0.2) is 11.7 Å². The molecule has 0 unspecified atom stereocenters. The number of rotatable bonds is 1. The van der Waals surface area contributed by atoms with E-state index in [2.05, 4.69) is 32.9 Å². The molecule has 2 bridgehead atoms. The second-order valence-corrected chi connectivity index (χ2v) is 9.75. The van der Waals surface area contributed by atoms with Crippen molar-refractivity contribution >= 4 is 0 Å². The summed E-state index contributed by atoms with van der Waals surface area (Å²) in [5.74, 6) is 1.60. The summed E-state index contributed by atoms with van der Waals surface area (Å²) in [5.41, 5.74) is 1.64. The second-order valence-electron chi connectivity index (χ2n) is 9.75. The van der Waals surface area contributed by atoms with Gasteiger partial charge in [-0.1, -0.05) is 39.3 Å². The molecule has 3 saturated carbocycles. The van der Waals surface area contributed by atoms with Gasteiger partial charge in [0.05, 0.1) is 0 Å². The molecule has 1 heteroatoms. The molecule has 1 spiro atoms. The summed E-state index contributed by atoms with van der Waals surface area (Å²) >= 11 is 0. The molecule has 4 rings (SSSR count). The van der Waals surface area contributed by atoms with E-state index >= 15 is 0 Å². The lowest BCUT2D eigenvalue weighted by atomic mass is 9.40. The van der Waals surface area contributed by atoms with Gasteiger partial charge >= 0.3 is 0 Å². The van der Waals surface area contributed by atoms with Crippen molar-refractivity contribution < 1.29 is 5.11 Å². The van der Waals surface area contributed by atoms with Gasteiger partial charge < -0.3 is 5.11 Å². The topological polar surface area (TPSA) is 20.2 Å². The molecule has 1 N–H and O–H groups in total. The zero-order chi connectivity index (χ0) is 14.9. The predicted octanol–water partition coefficient (Wildman–Crippen LogP) is 4.95.